The van der Waals surface area contributed by atoms with E-state index in [4.69, 9.17) is 0 Å². The van der Waals surface area contributed by atoms with Crippen LogP contribution in [0, 0.1) is 5.41 Å². The van der Waals surface area contributed by atoms with Gasteiger partial charge in [0.15, 0.2) is 0 Å². The molecular weight excluding hydrogens is 140 g/mol. The van der Waals surface area contributed by atoms with Crippen molar-refractivity contribution in [3.05, 3.63) is 0 Å². The highest BCUT2D eigenvalue weighted by molar-refractivity contribution is 7.80. The minimum Gasteiger partial charge on any atom is -0.179 e. The largest absolute Gasteiger partial charge is 0.179 e. The summed E-state index contributed by atoms with van der Waals surface area (Å²) >= 11 is 4.23. The van der Waals surface area contributed by atoms with E-state index in [9.17, 15) is 0 Å². The summed E-state index contributed by atoms with van der Waals surface area (Å²) in [6, 6.07) is 0. The molecule has 60 valence electrons. The number of thiol groups is 1. The van der Waals surface area contributed by atoms with Crippen molar-refractivity contribution in [2.45, 2.75) is 45.4 Å². The molecule has 1 saturated carbocycles. The molecular formula is C9H18S. The monoisotopic (exact) mass is 158 g/mol. The average molecular weight is 158 g/mol. The zero-order valence-electron chi connectivity index (χ0n) is 6.90. The topological polar surface area (TPSA) is 0 Å². The molecule has 0 amide bonds. The zero-order chi connectivity index (χ0) is 7.45. The van der Waals surface area contributed by atoms with E-state index in [1.807, 2.05) is 0 Å². The molecule has 1 rings (SSSR count). The van der Waals surface area contributed by atoms with E-state index in [2.05, 4.69) is 19.6 Å². The van der Waals surface area contributed by atoms with Crippen LogP contribution in [0.5, 0.6) is 0 Å². The molecule has 0 nitrogen and oxygen atoms in total. The van der Waals surface area contributed by atoms with Crippen LogP contribution < -0.4 is 0 Å². The molecule has 1 heteroatoms. The van der Waals surface area contributed by atoms with E-state index < -0.39 is 0 Å². The summed E-state index contributed by atoms with van der Waals surface area (Å²) in [4.78, 5) is 0. The lowest BCUT2D eigenvalue weighted by atomic mass is 9.64. The van der Waals surface area contributed by atoms with Crippen LogP contribution in [0.4, 0.5) is 0 Å². The van der Waals surface area contributed by atoms with Crippen molar-refractivity contribution < 1.29 is 0 Å². The molecule has 0 N–H and O–H groups in total. The average Bonchev–Trinajstić information content (AvgIpc) is 1.87. The van der Waals surface area contributed by atoms with Crippen LogP contribution in [-0.4, -0.2) is 5.75 Å². The molecule has 1 aliphatic rings. The molecule has 0 bridgehead atoms. The maximum absolute atomic E-state index is 4.23. The predicted molar refractivity (Wildman–Crippen MR) is 49.7 cm³/mol. The fourth-order valence-corrected chi connectivity index (χ4v) is 2.07. The Morgan fingerprint density at radius 1 is 1.40 bits per heavy atom. The smallest absolute Gasteiger partial charge is 0.00977 e. The lowest BCUT2D eigenvalue weighted by Gasteiger charge is -2.41. The van der Waals surface area contributed by atoms with Gasteiger partial charge in [-0.2, -0.15) is 12.6 Å². The van der Waals surface area contributed by atoms with Gasteiger partial charge >= 0.3 is 0 Å². The Morgan fingerprint density at radius 3 is 2.40 bits per heavy atom. The molecule has 0 spiro atoms. The van der Waals surface area contributed by atoms with E-state index in [-0.39, 0.29) is 0 Å². The summed E-state index contributed by atoms with van der Waals surface area (Å²) < 4.78 is 0. The van der Waals surface area contributed by atoms with Crippen molar-refractivity contribution in [1.29, 1.82) is 0 Å². The first kappa shape index (κ1) is 8.45. The minimum atomic E-state index is 0.767. The van der Waals surface area contributed by atoms with Crippen LogP contribution in [0.25, 0.3) is 0 Å². The number of hydrogen-bond donors (Lipinski definition) is 1. The normalized spacial score (nSPS) is 22.2. The molecule has 0 aromatic rings. The SMILES string of the molecule is CCC1(CCCS)CCC1. The Bertz CT molecular complexity index is 89.4. The summed E-state index contributed by atoms with van der Waals surface area (Å²) in [6.45, 7) is 2.33. The lowest BCUT2D eigenvalue weighted by molar-refractivity contribution is 0.113. The molecule has 0 saturated heterocycles. The highest BCUT2D eigenvalue weighted by atomic mass is 32.1. The van der Waals surface area contributed by atoms with Crippen LogP contribution in [0.1, 0.15) is 45.4 Å². The third-order valence-corrected chi connectivity index (χ3v) is 3.35. The van der Waals surface area contributed by atoms with Gasteiger partial charge in [0, 0.05) is 0 Å². The van der Waals surface area contributed by atoms with Gasteiger partial charge in [0.2, 0.25) is 0 Å². The van der Waals surface area contributed by atoms with Gasteiger partial charge < -0.3 is 0 Å². The summed E-state index contributed by atoms with van der Waals surface area (Å²) in [5.41, 5.74) is 0.767. The second kappa shape index (κ2) is 3.66. The summed E-state index contributed by atoms with van der Waals surface area (Å²) in [6.07, 6.45) is 8.57. The van der Waals surface area contributed by atoms with Crippen LogP contribution in [0.15, 0.2) is 0 Å². The Morgan fingerprint density at radius 2 is 2.10 bits per heavy atom. The van der Waals surface area contributed by atoms with Crippen LogP contribution in [0.2, 0.25) is 0 Å². The van der Waals surface area contributed by atoms with Crippen molar-refractivity contribution in [3.8, 4) is 0 Å². The Labute approximate surface area is 69.8 Å². The first-order valence-corrected chi connectivity index (χ1v) is 5.07. The van der Waals surface area contributed by atoms with Crippen molar-refractivity contribution in [2.75, 3.05) is 5.75 Å². The van der Waals surface area contributed by atoms with Gasteiger partial charge in [0.1, 0.15) is 0 Å². The van der Waals surface area contributed by atoms with E-state index >= 15 is 0 Å². The van der Waals surface area contributed by atoms with E-state index in [0.29, 0.717) is 0 Å². The second-order valence-corrected chi connectivity index (χ2v) is 3.98. The van der Waals surface area contributed by atoms with Crippen molar-refractivity contribution in [2.24, 2.45) is 5.41 Å². The first-order valence-electron chi connectivity index (χ1n) is 4.44. The van der Waals surface area contributed by atoms with Crippen LogP contribution in [0.3, 0.4) is 0 Å². The highest BCUT2D eigenvalue weighted by Crippen LogP contribution is 2.47. The van der Waals surface area contributed by atoms with Crippen LogP contribution in [-0.2, 0) is 0 Å². The summed E-state index contributed by atoms with van der Waals surface area (Å²) in [5, 5.41) is 0. The Kier molecular flexibility index (Phi) is 3.09. The molecule has 0 aromatic carbocycles. The molecule has 0 heterocycles. The van der Waals surface area contributed by atoms with Crippen molar-refractivity contribution in [3.63, 3.8) is 0 Å². The van der Waals surface area contributed by atoms with Gasteiger partial charge in [-0.25, -0.2) is 0 Å². The zero-order valence-corrected chi connectivity index (χ0v) is 7.79. The maximum Gasteiger partial charge on any atom is -0.00977 e. The standard InChI is InChI=1S/C9H18S/c1-2-9(5-3-6-9)7-4-8-10/h10H,2-8H2,1H3. The first-order chi connectivity index (χ1) is 4.83. The lowest BCUT2D eigenvalue weighted by Crippen LogP contribution is -2.28. The molecule has 0 aromatic heterocycles. The fourth-order valence-electron chi connectivity index (χ4n) is 1.91. The molecule has 1 aliphatic carbocycles. The molecule has 10 heavy (non-hydrogen) atoms. The van der Waals surface area contributed by atoms with Crippen LogP contribution >= 0.6 is 12.6 Å². The van der Waals surface area contributed by atoms with Gasteiger partial charge in [-0.1, -0.05) is 19.8 Å². The summed E-state index contributed by atoms with van der Waals surface area (Å²) in [7, 11) is 0. The van der Waals surface area contributed by atoms with Crippen molar-refractivity contribution >= 4 is 12.6 Å². The highest BCUT2D eigenvalue weighted by Gasteiger charge is 2.33. The number of hydrogen-bond acceptors (Lipinski definition) is 1. The Balaban J connectivity index is 2.20. The molecule has 0 unspecified atom stereocenters. The van der Waals surface area contributed by atoms with Crippen molar-refractivity contribution in [1.82, 2.24) is 0 Å². The van der Waals surface area contributed by atoms with Gasteiger partial charge in [-0.3, -0.25) is 0 Å². The molecule has 1 fully saturated rings. The minimum absolute atomic E-state index is 0.767. The third kappa shape index (κ3) is 1.69. The third-order valence-electron chi connectivity index (χ3n) is 3.03. The van der Waals surface area contributed by atoms with Gasteiger partial charge in [-0.15, -0.1) is 0 Å². The molecule has 0 atom stereocenters. The maximum atomic E-state index is 4.23. The predicted octanol–water partition coefficient (Wildman–Crippen LogP) is 3.28. The fraction of sp³-hybridized carbons (Fsp3) is 1.00. The van der Waals surface area contributed by atoms with Gasteiger partial charge in [0.05, 0.1) is 0 Å². The quantitative estimate of drug-likeness (QED) is 0.596. The van der Waals surface area contributed by atoms with E-state index in [1.165, 1.54) is 38.5 Å². The van der Waals surface area contributed by atoms with Gasteiger partial charge in [0.25, 0.3) is 0 Å². The molecule has 0 radical (unpaired) electrons. The Hall–Kier alpha value is 0.350. The van der Waals surface area contributed by atoms with E-state index in [1.54, 1.807) is 0 Å². The number of rotatable bonds is 4. The second-order valence-electron chi connectivity index (χ2n) is 3.53. The molecule has 0 aliphatic heterocycles. The van der Waals surface area contributed by atoms with Gasteiger partial charge in [-0.05, 0) is 36.9 Å². The summed E-state index contributed by atoms with van der Waals surface area (Å²) in [5.74, 6) is 1.07. The van der Waals surface area contributed by atoms with E-state index in [0.717, 1.165) is 11.2 Å².